The van der Waals surface area contributed by atoms with Crippen molar-refractivity contribution in [1.29, 1.82) is 0 Å². The van der Waals surface area contributed by atoms with E-state index in [9.17, 15) is 19.1 Å². The molecule has 1 atom stereocenters. The minimum Gasteiger partial charge on any atom is -0.507 e. The summed E-state index contributed by atoms with van der Waals surface area (Å²) in [5.41, 5.74) is 1.76. The second-order valence-corrected chi connectivity index (χ2v) is 9.56. The molecule has 0 aromatic heterocycles. The van der Waals surface area contributed by atoms with Gasteiger partial charge in [0.05, 0.1) is 32.4 Å². The second kappa shape index (κ2) is 13.2. The molecule has 8 heteroatoms. The molecule has 210 valence electrons. The monoisotopic (exact) mass is 547 g/mol. The Morgan fingerprint density at radius 1 is 0.925 bits per heavy atom. The standard InChI is InChI=1S/C32H34FNO6/c1-4-5-6-19-40-25-14-9-22(10-15-25)30(35)28-29(23-11-16-26(38-2)27(20-23)39-3)34(32(37)31(28)36)18-17-21-7-12-24(33)13-8-21/h7-16,20,29,35H,4-6,17-19H2,1-3H3/b30-28-. The molecule has 1 heterocycles. The van der Waals surface area contributed by atoms with Gasteiger partial charge >= 0.3 is 0 Å². The Hall–Kier alpha value is -4.33. The van der Waals surface area contributed by atoms with Gasteiger partial charge < -0.3 is 24.2 Å². The Balaban J connectivity index is 1.71. The van der Waals surface area contributed by atoms with Crippen molar-refractivity contribution in [2.24, 2.45) is 0 Å². The highest BCUT2D eigenvalue weighted by atomic mass is 19.1. The zero-order chi connectivity index (χ0) is 28.6. The quantitative estimate of drug-likeness (QED) is 0.128. The van der Waals surface area contributed by atoms with Crippen LogP contribution in [0.4, 0.5) is 4.39 Å². The minimum absolute atomic E-state index is 0.0204. The van der Waals surface area contributed by atoms with E-state index in [1.165, 1.54) is 31.3 Å². The van der Waals surface area contributed by atoms with Crippen molar-refractivity contribution in [3.8, 4) is 17.2 Å². The molecule has 1 unspecified atom stereocenters. The maximum absolute atomic E-state index is 13.4. The van der Waals surface area contributed by atoms with Crippen LogP contribution in [0, 0.1) is 5.82 Å². The first-order chi connectivity index (χ1) is 19.4. The molecule has 1 aliphatic heterocycles. The lowest BCUT2D eigenvalue weighted by molar-refractivity contribution is -0.139. The first-order valence-corrected chi connectivity index (χ1v) is 13.4. The van der Waals surface area contributed by atoms with Crippen molar-refractivity contribution >= 4 is 17.4 Å². The van der Waals surface area contributed by atoms with Gasteiger partial charge in [-0.2, -0.15) is 0 Å². The highest BCUT2D eigenvalue weighted by molar-refractivity contribution is 6.46. The Morgan fingerprint density at radius 2 is 1.62 bits per heavy atom. The van der Waals surface area contributed by atoms with E-state index in [1.807, 2.05) is 0 Å². The summed E-state index contributed by atoms with van der Waals surface area (Å²) in [5.74, 6) is -0.566. The maximum atomic E-state index is 13.4. The number of rotatable bonds is 12. The van der Waals surface area contributed by atoms with Gasteiger partial charge in [0.25, 0.3) is 11.7 Å². The summed E-state index contributed by atoms with van der Waals surface area (Å²) < 4.78 is 30.0. The van der Waals surface area contributed by atoms with Crippen molar-refractivity contribution in [3.05, 3.63) is 94.8 Å². The summed E-state index contributed by atoms with van der Waals surface area (Å²) in [6.45, 7) is 2.90. The normalized spacial score (nSPS) is 16.3. The first-order valence-electron chi connectivity index (χ1n) is 13.4. The van der Waals surface area contributed by atoms with Crippen LogP contribution in [0.15, 0.2) is 72.3 Å². The Morgan fingerprint density at radius 3 is 2.27 bits per heavy atom. The number of likely N-dealkylation sites (tertiary alicyclic amines) is 1. The predicted octanol–water partition coefficient (Wildman–Crippen LogP) is 6.08. The van der Waals surface area contributed by atoms with E-state index in [-0.39, 0.29) is 23.7 Å². The van der Waals surface area contributed by atoms with Gasteiger partial charge in [0.15, 0.2) is 11.5 Å². The number of hydrogen-bond acceptors (Lipinski definition) is 6. The number of ketones is 1. The summed E-state index contributed by atoms with van der Waals surface area (Å²) in [6.07, 6.45) is 3.51. The summed E-state index contributed by atoms with van der Waals surface area (Å²) in [6, 6.07) is 17.1. The third kappa shape index (κ3) is 6.28. The molecule has 1 aliphatic rings. The topological polar surface area (TPSA) is 85.3 Å². The van der Waals surface area contributed by atoms with Crippen molar-refractivity contribution < 1.29 is 33.3 Å². The number of unbranched alkanes of at least 4 members (excludes halogenated alkanes) is 2. The summed E-state index contributed by atoms with van der Waals surface area (Å²) in [4.78, 5) is 28.1. The molecule has 40 heavy (non-hydrogen) atoms. The number of carbonyl (C=O) groups excluding carboxylic acids is 2. The van der Waals surface area contributed by atoms with Gasteiger partial charge in [-0.1, -0.05) is 38.0 Å². The highest BCUT2D eigenvalue weighted by Crippen LogP contribution is 2.42. The summed E-state index contributed by atoms with van der Waals surface area (Å²) >= 11 is 0. The number of aliphatic hydroxyl groups excluding tert-OH is 1. The van der Waals surface area contributed by atoms with Crippen LogP contribution in [0.3, 0.4) is 0 Å². The Kier molecular flexibility index (Phi) is 9.43. The van der Waals surface area contributed by atoms with Crippen LogP contribution in [0.25, 0.3) is 5.76 Å². The van der Waals surface area contributed by atoms with Gasteiger partial charge in [-0.05, 0) is 72.5 Å². The molecule has 7 nitrogen and oxygen atoms in total. The average molecular weight is 548 g/mol. The molecule has 1 N–H and O–H groups in total. The fraction of sp³-hybridized carbons (Fsp3) is 0.312. The number of methoxy groups -OCH3 is 2. The van der Waals surface area contributed by atoms with Crippen LogP contribution in [-0.2, 0) is 16.0 Å². The SMILES string of the molecule is CCCCCOc1ccc(/C(O)=C2/C(=O)C(=O)N(CCc3ccc(F)cc3)C2c2ccc(OC)c(OC)c2)cc1. The molecule has 4 rings (SSSR count). The van der Waals surface area contributed by atoms with Crippen molar-refractivity contribution in [2.45, 2.75) is 38.6 Å². The zero-order valence-electron chi connectivity index (χ0n) is 23.0. The number of aliphatic hydroxyl groups is 1. The molecular weight excluding hydrogens is 513 g/mol. The van der Waals surface area contributed by atoms with Crippen LogP contribution < -0.4 is 14.2 Å². The van der Waals surface area contributed by atoms with Crippen LogP contribution in [0.2, 0.25) is 0 Å². The van der Waals surface area contributed by atoms with Gasteiger partial charge in [0.2, 0.25) is 0 Å². The lowest BCUT2D eigenvalue weighted by Gasteiger charge is -2.26. The molecule has 3 aromatic rings. The minimum atomic E-state index is -0.870. The zero-order valence-corrected chi connectivity index (χ0v) is 23.0. The highest BCUT2D eigenvalue weighted by Gasteiger charge is 2.46. The maximum Gasteiger partial charge on any atom is 0.295 e. The van der Waals surface area contributed by atoms with E-state index in [4.69, 9.17) is 14.2 Å². The first kappa shape index (κ1) is 28.7. The largest absolute Gasteiger partial charge is 0.507 e. The number of nitrogens with zero attached hydrogens (tertiary/aromatic N) is 1. The molecule has 3 aromatic carbocycles. The lowest BCUT2D eigenvalue weighted by Crippen LogP contribution is -2.31. The smallest absolute Gasteiger partial charge is 0.295 e. The van der Waals surface area contributed by atoms with E-state index in [0.717, 1.165) is 24.8 Å². The number of halogens is 1. The van der Waals surface area contributed by atoms with Gasteiger partial charge in [0, 0.05) is 12.1 Å². The predicted molar refractivity (Wildman–Crippen MR) is 150 cm³/mol. The number of ether oxygens (including phenoxy) is 3. The van der Waals surface area contributed by atoms with Crippen molar-refractivity contribution in [2.75, 3.05) is 27.4 Å². The second-order valence-electron chi connectivity index (χ2n) is 9.56. The molecule has 1 amide bonds. The van der Waals surface area contributed by atoms with E-state index >= 15 is 0 Å². The number of amides is 1. The third-order valence-electron chi connectivity index (χ3n) is 6.96. The van der Waals surface area contributed by atoms with Crippen LogP contribution >= 0.6 is 0 Å². The number of carbonyl (C=O) groups is 2. The molecule has 0 bridgehead atoms. The molecular formula is C32H34FNO6. The van der Waals surface area contributed by atoms with Gasteiger partial charge in [-0.25, -0.2) is 4.39 Å². The van der Waals surface area contributed by atoms with E-state index in [2.05, 4.69) is 6.92 Å². The molecule has 0 spiro atoms. The van der Waals surface area contributed by atoms with Crippen molar-refractivity contribution in [3.63, 3.8) is 0 Å². The molecule has 0 radical (unpaired) electrons. The summed E-state index contributed by atoms with van der Waals surface area (Å²) in [5, 5.41) is 11.4. The number of benzene rings is 3. The fourth-order valence-electron chi connectivity index (χ4n) is 4.79. The summed E-state index contributed by atoms with van der Waals surface area (Å²) in [7, 11) is 3.02. The lowest BCUT2D eigenvalue weighted by atomic mass is 9.94. The van der Waals surface area contributed by atoms with Crippen LogP contribution in [-0.4, -0.2) is 49.1 Å². The van der Waals surface area contributed by atoms with Crippen molar-refractivity contribution in [1.82, 2.24) is 4.90 Å². The Bertz CT molecular complexity index is 1370. The van der Waals surface area contributed by atoms with Crippen LogP contribution in [0.5, 0.6) is 17.2 Å². The van der Waals surface area contributed by atoms with E-state index < -0.39 is 17.7 Å². The van der Waals surface area contributed by atoms with Gasteiger partial charge in [-0.15, -0.1) is 0 Å². The fourth-order valence-corrected chi connectivity index (χ4v) is 4.79. The van der Waals surface area contributed by atoms with Gasteiger partial charge in [-0.3, -0.25) is 9.59 Å². The van der Waals surface area contributed by atoms with Crippen LogP contribution in [0.1, 0.15) is 48.9 Å². The van der Waals surface area contributed by atoms with E-state index in [0.29, 0.717) is 41.4 Å². The molecule has 1 saturated heterocycles. The molecule has 0 saturated carbocycles. The average Bonchev–Trinajstić information content (AvgIpc) is 3.23. The number of Topliss-reactive ketones (excluding diaryl/α,β-unsaturated/α-hetero) is 1. The number of hydrogen-bond donors (Lipinski definition) is 1. The van der Waals surface area contributed by atoms with E-state index in [1.54, 1.807) is 54.6 Å². The molecule has 0 aliphatic carbocycles. The Labute approximate surface area is 233 Å². The third-order valence-corrected chi connectivity index (χ3v) is 6.96. The van der Waals surface area contributed by atoms with Gasteiger partial charge in [0.1, 0.15) is 17.3 Å². The molecule has 1 fully saturated rings.